The predicted molar refractivity (Wildman–Crippen MR) is 138 cm³/mol. The fourth-order valence-corrected chi connectivity index (χ4v) is 6.44. The lowest BCUT2D eigenvalue weighted by atomic mass is 10.1. The smallest absolute Gasteiger partial charge is 0.146 e. The van der Waals surface area contributed by atoms with Gasteiger partial charge in [-0.15, -0.1) is 22.7 Å². The summed E-state index contributed by atoms with van der Waals surface area (Å²) in [7, 11) is 0. The Morgan fingerprint density at radius 1 is 0.882 bits per heavy atom. The Kier molecular flexibility index (Phi) is 6.17. The number of hydrogen-bond donors (Lipinski definition) is 0. The molecule has 1 aromatic carbocycles. The van der Waals surface area contributed by atoms with E-state index in [-0.39, 0.29) is 5.82 Å². The van der Waals surface area contributed by atoms with Crippen molar-refractivity contribution in [2.75, 3.05) is 62.3 Å². The van der Waals surface area contributed by atoms with E-state index < -0.39 is 0 Å². The number of rotatable bonds is 5. The zero-order valence-electron chi connectivity index (χ0n) is 18.8. The average molecular weight is 496 g/mol. The summed E-state index contributed by atoms with van der Waals surface area (Å²) in [5.74, 6) is 1.72. The minimum atomic E-state index is -0.197. The molecule has 0 radical (unpaired) electrons. The number of thiophene rings is 2. The van der Waals surface area contributed by atoms with E-state index in [1.54, 1.807) is 22.7 Å². The molecule has 5 heterocycles. The molecular formula is C25H26FN5OS2. The van der Waals surface area contributed by atoms with Crippen LogP contribution in [0.3, 0.4) is 0 Å². The first-order valence-electron chi connectivity index (χ1n) is 11.6. The third-order valence-electron chi connectivity index (χ3n) is 6.49. The van der Waals surface area contributed by atoms with Crippen LogP contribution >= 0.6 is 22.7 Å². The molecule has 0 amide bonds. The van der Waals surface area contributed by atoms with Gasteiger partial charge in [0.25, 0.3) is 0 Å². The molecule has 6 nitrogen and oxygen atoms in total. The van der Waals surface area contributed by atoms with Gasteiger partial charge >= 0.3 is 0 Å². The fourth-order valence-electron chi connectivity index (χ4n) is 4.67. The number of benzene rings is 1. The summed E-state index contributed by atoms with van der Waals surface area (Å²) in [6, 6.07) is 11.1. The highest BCUT2D eigenvalue weighted by Crippen LogP contribution is 2.40. The largest absolute Gasteiger partial charge is 0.379 e. The van der Waals surface area contributed by atoms with Gasteiger partial charge in [0, 0.05) is 60.8 Å². The van der Waals surface area contributed by atoms with Gasteiger partial charge in [0.2, 0.25) is 0 Å². The number of piperazine rings is 1. The second-order valence-corrected chi connectivity index (χ2v) is 10.4. The summed E-state index contributed by atoms with van der Waals surface area (Å²) in [5, 5.41) is 5.50. The number of morpholine rings is 1. The monoisotopic (exact) mass is 495 g/mol. The molecule has 4 aromatic rings. The summed E-state index contributed by atoms with van der Waals surface area (Å²) in [6.07, 6.45) is 0. The van der Waals surface area contributed by atoms with Crippen molar-refractivity contribution < 1.29 is 9.13 Å². The number of aromatic nitrogens is 2. The van der Waals surface area contributed by atoms with Gasteiger partial charge in [-0.25, -0.2) is 14.4 Å². The van der Waals surface area contributed by atoms with Crippen LogP contribution in [-0.4, -0.2) is 67.4 Å². The average Bonchev–Trinajstić information content (AvgIpc) is 3.55. The Balaban J connectivity index is 1.32. The summed E-state index contributed by atoms with van der Waals surface area (Å²) < 4.78 is 18.9. The maximum Gasteiger partial charge on any atom is 0.146 e. The summed E-state index contributed by atoms with van der Waals surface area (Å²) in [6.45, 7) is 7.57. The molecule has 0 N–H and O–H groups in total. The van der Waals surface area contributed by atoms with Crippen LogP contribution in [0.2, 0.25) is 0 Å². The summed E-state index contributed by atoms with van der Waals surface area (Å²) >= 11 is 3.46. The SMILES string of the molecule is Fc1ccc(N2CCN(c3nc(CN4CCOCC4)nc4scc(-c5cccs5)c34)CC2)cc1. The van der Waals surface area contributed by atoms with E-state index in [4.69, 9.17) is 14.7 Å². The normalized spacial score (nSPS) is 17.6. The summed E-state index contributed by atoms with van der Waals surface area (Å²) in [4.78, 5) is 19.5. The molecule has 176 valence electrons. The lowest BCUT2D eigenvalue weighted by Crippen LogP contribution is -2.47. The van der Waals surface area contributed by atoms with Gasteiger partial charge in [-0.1, -0.05) is 6.07 Å². The Morgan fingerprint density at radius 2 is 1.65 bits per heavy atom. The van der Waals surface area contributed by atoms with Crippen molar-refractivity contribution in [3.8, 4) is 10.4 Å². The number of fused-ring (bicyclic) bond motifs is 1. The van der Waals surface area contributed by atoms with E-state index in [1.807, 2.05) is 12.1 Å². The van der Waals surface area contributed by atoms with Crippen LogP contribution in [0.5, 0.6) is 0 Å². The lowest BCUT2D eigenvalue weighted by molar-refractivity contribution is 0.0331. The number of ether oxygens (including phenoxy) is 1. The molecular weight excluding hydrogens is 469 g/mol. The van der Waals surface area contributed by atoms with Crippen molar-refractivity contribution in [2.45, 2.75) is 6.54 Å². The van der Waals surface area contributed by atoms with Crippen molar-refractivity contribution in [3.63, 3.8) is 0 Å². The van der Waals surface area contributed by atoms with Crippen molar-refractivity contribution in [2.24, 2.45) is 0 Å². The van der Waals surface area contributed by atoms with Crippen molar-refractivity contribution >= 4 is 44.4 Å². The fraction of sp³-hybridized carbons (Fsp3) is 0.360. The molecule has 0 unspecified atom stereocenters. The molecule has 2 aliphatic heterocycles. The molecule has 0 atom stereocenters. The van der Waals surface area contributed by atoms with Crippen molar-refractivity contribution in [3.05, 3.63) is 58.8 Å². The summed E-state index contributed by atoms with van der Waals surface area (Å²) in [5.41, 5.74) is 2.29. The Labute approximate surface area is 206 Å². The van der Waals surface area contributed by atoms with Crippen LogP contribution in [0.25, 0.3) is 20.7 Å². The van der Waals surface area contributed by atoms with Gasteiger partial charge < -0.3 is 14.5 Å². The Hall–Kier alpha value is -2.59. The van der Waals surface area contributed by atoms with Gasteiger partial charge in [0.05, 0.1) is 25.1 Å². The van der Waals surface area contributed by atoms with Crippen LogP contribution in [0, 0.1) is 5.82 Å². The van der Waals surface area contributed by atoms with Gasteiger partial charge in [-0.3, -0.25) is 4.90 Å². The molecule has 2 saturated heterocycles. The first kappa shape index (κ1) is 21.9. The first-order chi connectivity index (χ1) is 16.7. The maximum atomic E-state index is 13.4. The zero-order valence-corrected chi connectivity index (χ0v) is 20.5. The maximum absolute atomic E-state index is 13.4. The number of nitrogens with zero attached hydrogens (tertiary/aromatic N) is 5. The van der Waals surface area contributed by atoms with Crippen LogP contribution in [-0.2, 0) is 11.3 Å². The van der Waals surface area contributed by atoms with Crippen molar-refractivity contribution in [1.29, 1.82) is 0 Å². The third kappa shape index (κ3) is 4.40. The van der Waals surface area contributed by atoms with Gasteiger partial charge in [0.15, 0.2) is 0 Å². The second kappa shape index (κ2) is 9.58. The zero-order chi connectivity index (χ0) is 22.9. The van der Waals surface area contributed by atoms with E-state index in [1.165, 1.54) is 22.6 Å². The second-order valence-electron chi connectivity index (χ2n) is 8.61. The van der Waals surface area contributed by atoms with E-state index in [9.17, 15) is 4.39 Å². The standard InChI is InChI=1S/C25H26FN5OS2/c26-18-3-5-19(6-4-18)30-7-9-31(10-8-30)24-23-20(21-2-1-15-33-21)17-34-25(23)28-22(27-24)16-29-11-13-32-14-12-29/h1-6,15,17H,7-14,16H2. The quantitative estimate of drug-likeness (QED) is 0.399. The predicted octanol–water partition coefficient (Wildman–Crippen LogP) is 4.72. The molecule has 34 heavy (non-hydrogen) atoms. The van der Waals surface area contributed by atoms with Gasteiger partial charge in [-0.2, -0.15) is 0 Å². The van der Waals surface area contributed by atoms with Crippen LogP contribution in [0.4, 0.5) is 15.9 Å². The Bertz CT molecular complexity index is 1250. The topological polar surface area (TPSA) is 44.7 Å². The molecule has 6 rings (SSSR count). The van der Waals surface area contributed by atoms with Gasteiger partial charge in [-0.05, 0) is 35.7 Å². The highest BCUT2D eigenvalue weighted by Gasteiger charge is 2.25. The lowest BCUT2D eigenvalue weighted by Gasteiger charge is -2.37. The minimum Gasteiger partial charge on any atom is -0.379 e. The van der Waals surface area contributed by atoms with Gasteiger partial charge in [0.1, 0.15) is 22.3 Å². The number of hydrogen-bond acceptors (Lipinski definition) is 8. The van der Waals surface area contributed by atoms with E-state index in [0.717, 1.165) is 86.6 Å². The number of anilines is 2. The molecule has 0 bridgehead atoms. The van der Waals surface area contributed by atoms with Crippen molar-refractivity contribution in [1.82, 2.24) is 14.9 Å². The van der Waals surface area contributed by atoms with E-state index >= 15 is 0 Å². The number of halogens is 1. The molecule has 2 fully saturated rings. The molecule has 0 spiro atoms. The minimum absolute atomic E-state index is 0.197. The van der Waals surface area contributed by atoms with E-state index in [2.05, 4.69) is 37.6 Å². The third-order valence-corrected chi connectivity index (χ3v) is 8.26. The van der Waals surface area contributed by atoms with Crippen LogP contribution in [0.15, 0.2) is 47.2 Å². The Morgan fingerprint density at radius 3 is 2.38 bits per heavy atom. The van der Waals surface area contributed by atoms with Crippen LogP contribution in [0.1, 0.15) is 5.82 Å². The molecule has 9 heteroatoms. The highest BCUT2D eigenvalue weighted by atomic mass is 32.1. The van der Waals surface area contributed by atoms with Crippen LogP contribution < -0.4 is 9.80 Å². The molecule has 0 saturated carbocycles. The first-order valence-corrected chi connectivity index (χ1v) is 13.4. The van der Waals surface area contributed by atoms with E-state index in [0.29, 0.717) is 0 Å². The molecule has 3 aromatic heterocycles. The molecule has 2 aliphatic rings. The molecule has 0 aliphatic carbocycles. The highest BCUT2D eigenvalue weighted by molar-refractivity contribution is 7.18.